The molecule has 0 bridgehead atoms. The van der Waals surface area contributed by atoms with Crippen molar-refractivity contribution in [3.05, 3.63) is 206 Å². The lowest BCUT2D eigenvalue weighted by atomic mass is 9.91. The monoisotopic (exact) mass is 720 g/mol. The van der Waals surface area contributed by atoms with Crippen LogP contribution in [0.4, 0.5) is 17.1 Å². The second-order valence-corrected chi connectivity index (χ2v) is 15.6. The molecule has 0 saturated carbocycles. The molecule has 1 aliphatic carbocycles. The van der Waals surface area contributed by atoms with E-state index in [1.807, 2.05) is 11.3 Å². The predicted molar refractivity (Wildman–Crippen MR) is 237 cm³/mol. The van der Waals surface area contributed by atoms with Crippen LogP contribution >= 0.6 is 11.3 Å². The summed E-state index contributed by atoms with van der Waals surface area (Å²) < 4.78 is 5.04. The van der Waals surface area contributed by atoms with Gasteiger partial charge in [-0.1, -0.05) is 133 Å². The summed E-state index contributed by atoms with van der Waals surface area (Å²) >= 11 is 1.86. The molecule has 1 atom stereocenters. The number of anilines is 3. The second kappa shape index (κ2) is 13.0. The molecular weight excluding hydrogens is 685 g/mol. The molecule has 0 radical (unpaired) electrons. The van der Waals surface area contributed by atoms with E-state index in [-0.39, 0.29) is 0 Å². The van der Waals surface area contributed by atoms with E-state index in [9.17, 15) is 0 Å². The van der Waals surface area contributed by atoms with Gasteiger partial charge in [-0.05, 0) is 101 Å². The zero-order chi connectivity index (χ0) is 36.3. The van der Waals surface area contributed by atoms with Crippen LogP contribution in [0.15, 0.2) is 200 Å². The topological polar surface area (TPSA) is 8.17 Å². The van der Waals surface area contributed by atoms with Gasteiger partial charge in [-0.25, -0.2) is 0 Å². The molecular formula is C52H36N2S. The lowest BCUT2D eigenvalue weighted by molar-refractivity contribution is 0.850. The Bertz CT molecular complexity index is 3060. The Hall–Kier alpha value is -6.68. The molecule has 0 N–H and O–H groups in total. The van der Waals surface area contributed by atoms with Crippen molar-refractivity contribution in [3.8, 4) is 11.1 Å². The molecule has 260 valence electrons. The lowest BCUT2D eigenvalue weighted by Gasteiger charge is -2.27. The highest BCUT2D eigenvalue weighted by Gasteiger charge is 2.19. The standard InChI is InChI=1S/C52H36N2S/c1-2-12-43-37(10-1)11-9-16-44(43)38-24-30-40(31-25-38)53(42-32-33-52-48(34-42)47-15-5-8-19-51(47)55-52)39-26-20-35(21-27-39)36-22-28-41(29-23-36)54-49-17-6-3-13-45(49)46-14-4-7-18-50(46)54/h1-22,24-34,36H,23H2. The van der Waals surface area contributed by atoms with Gasteiger partial charge in [-0.15, -0.1) is 11.3 Å². The van der Waals surface area contributed by atoms with Gasteiger partial charge in [-0.3, -0.25) is 0 Å². The Kier molecular flexibility index (Phi) is 7.53. The lowest BCUT2D eigenvalue weighted by Crippen LogP contribution is -2.10. The molecule has 0 spiro atoms. The third-order valence-electron chi connectivity index (χ3n) is 11.3. The van der Waals surface area contributed by atoms with Gasteiger partial charge in [0.05, 0.1) is 11.0 Å². The maximum absolute atomic E-state index is 2.41. The van der Waals surface area contributed by atoms with E-state index in [4.69, 9.17) is 0 Å². The maximum atomic E-state index is 2.41. The van der Waals surface area contributed by atoms with E-state index in [0.29, 0.717) is 5.92 Å². The number of fused-ring (bicyclic) bond motifs is 7. The van der Waals surface area contributed by atoms with Crippen LogP contribution in [-0.4, -0.2) is 4.57 Å². The van der Waals surface area contributed by atoms with Gasteiger partial charge in [0, 0.05) is 59.6 Å². The van der Waals surface area contributed by atoms with Crippen LogP contribution < -0.4 is 4.90 Å². The summed E-state index contributed by atoms with van der Waals surface area (Å²) in [5.74, 6) is 0.313. The van der Waals surface area contributed by atoms with Gasteiger partial charge < -0.3 is 9.47 Å². The van der Waals surface area contributed by atoms with E-state index >= 15 is 0 Å². The number of nitrogens with zero attached hydrogens (tertiary/aromatic N) is 2. The molecule has 3 heteroatoms. The number of aromatic nitrogens is 1. The number of thiophene rings is 1. The highest BCUT2D eigenvalue weighted by atomic mass is 32.1. The fraction of sp³-hybridized carbons (Fsp3) is 0.0385. The fourth-order valence-electron chi connectivity index (χ4n) is 8.66. The van der Waals surface area contributed by atoms with Gasteiger partial charge in [0.1, 0.15) is 0 Å². The van der Waals surface area contributed by atoms with E-state index in [1.165, 1.54) is 75.1 Å². The van der Waals surface area contributed by atoms with Crippen LogP contribution in [0.25, 0.3) is 69.6 Å². The van der Waals surface area contributed by atoms with E-state index in [1.54, 1.807) is 0 Å². The first kappa shape index (κ1) is 31.8. The first-order valence-electron chi connectivity index (χ1n) is 19.0. The number of hydrogen-bond acceptors (Lipinski definition) is 2. The fourth-order valence-corrected chi connectivity index (χ4v) is 9.75. The Morgan fingerprint density at radius 2 is 1.09 bits per heavy atom. The van der Waals surface area contributed by atoms with Crippen molar-refractivity contribution in [2.24, 2.45) is 0 Å². The molecule has 0 fully saturated rings. The molecule has 0 amide bonds. The molecule has 11 rings (SSSR count). The third kappa shape index (κ3) is 5.39. The van der Waals surface area contributed by atoms with Crippen LogP contribution in [0.2, 0.25) is 0 Å². The number of rotatable bonds is 6. The van der Waals surface area contributed by atoms with Crippen molar-refractivity contribution in [2.45, 2.75) is 12.3 Å². The van der Waals surface area contributed by atoms with Gasteiger partial charge in [0.2, 0.25) is 0 Å². The minimum atomic E-state index is 0.313. The summed E-state index contributed by atoms with van der Waals surface area (Å²) in [5, 5.41) is 7.73. The largest absolute Gasteiger partial charge is 0.310 e. The minimum Gasteiger partial charge on any atom is -0.310 e. The molecule has 55 heavy (non-hydrogen) atoms. The summed E-state index contributed by atoms with van der Waals surface area (Å²) in [5.41, 5.74) is 11.0. The van der Waals surface area contributed by atoms with Crippen molar-refractivity contribution >= 4 is 86.8 Å². The minimum absolute atomic E-state index is 0.313. The molecule has 1 unspecified atom stereocenters. The molecule has 0 aliphatic heterocycles. The van der Waals surface area contributed by atoms with E-state index in [2.05, 4.69) is 210 Å². The average Bonchev–Trinajstić information content (AvgIpc) is 3.80. The van der Waals surface area contributed by atoms with Gasteiger partial charge in [0.15, 0.2) is 0 Å². The number of para-hydroxylation sites is 2. The number of hydrogen-bond donors (Lipinski definition) is 0. The molecule has 8 aromatic carbocycles. The quantitative estimate of drug-likeness (QED) is 0.166. The van der Waals surface area contributed by atoms with Gasteiger partial charge >= 0.3 is 0 Å². The Morgan fingerprint density at radius 3 is 1.82 bits per heavy atom. The van der Waals surface area contributed by atoms with Crippen LogP contribution in [0.3, 0.4) is 0 Å². The van der Waals surface area contributed by atoms with E-state index in [0.717, 1.165) is 23.5 Å². The second-order valence-electron chi connectivity index (χ2n) is 14.5. The molecule has 0 saturated heterocycles. The van der Waals surface area contributed by atoms with Crippen molar-refractivity contribution in [1.29, 1.82) is 0 Å². The van der Waals surface area contributed by atoms with Crippen LogP contribution in [0.1, 0.15) is 17.9 Å². The highest BCUT2D eigenvalue weighted by Crippen LogP contribution is 2.42. The Balaban J connectivity index is 0.949. The zero-order valence-electron chi connectivity index (χ0n) is 30.1. The number of benzene rings is 8. The van der Waals surface area contributed by atoms with Crippen molar-refractivity contribution in [2.75, 3.05) is 4.90 Å². The Labute approximate surface area is 324 Å². The normalized spacial score (nSPS) is 14.3. The number of allylic oxidation sites excluding steroid dienone is 4. The van der Waals surface area contributed by atoms with Gasteiger partial charge in [0.25, 0.3) is 0 Å². The van der Waals surface area contributed by atoms with Gasteiger partial charge in [-0.2, -0.15) is 0 Å². The molecule has 2 aromatic heterocycles. The zero-order valence-corrected chi connectivity index (χ0v) is 31.0. The smallest absolute Gasteiger partial charge is 0.0540 e. The molecule has 1 aliphatic rings. The summed E-state index contributed by atoms with van der Waals surface area (Å²) in [4.78, 5) is 2.40. The van der Waals surface area contributed by atoms with Crippen LogP contribution in [0, 0.1) is 0 Å². The predicted octanol–water partition coefficient (Wildman–Crippen LogP) is 15.0. The van der Waals surface area contributed by atoms with Crippen LogP contribution in [0.5, 0.6) is 0 Å². The first-order valence-corrected chi connectivity index (χ1v) is 19.8. The van der Waals surface area contributed by atoms with Crippen molar-refractivity contribution < 1.29 is 0 Å². The average molecular weight is 721 g/mol. The van der Waals surface area contributed by atoms with Crippen LogP contribution in [-0.2, 0) is 0 Å². The van der Waals surface area contributed by atoms with E-state index < -0.39 is 0 Å². The molecule has 2 nitrogen and oxygen atoms in total. The Morgan fingerprint density at radius 1 is 0.491 bits per heavy atom. The SMILES string of the molecule is C1=CC(c2ccc(N(c3ccc(-c4cccc5ccccc45)cc3)c3ccc4sc5ccccc5c4c3)cc2)CC=C1n1c2ccccc2c2ccccc21. The maximum Gasteiger partial charge on any atom is 0.0540 e. The molecule has 2 heterocycles. The first-order chi connectivity index (χ1) is 27.3. The summed E-state index contributed by atoms with van der Waals surface area (Å²) in [6.07, 6.45) is 8.05. The summed E-state index contributed by atoms with van der Waals surface area (Å²) in [6.45, 7) is 0. The summed E-state index contributed by atoms with van der Waals surface area (Å²) in [7, 11) is 0. The summed E-state index contributed by atoms with van der Waals surface area (Å²) in [6, 6.07) is 66.7. The van der Waals surface area contributed by atoms with Crippen molar-refractivity contribution in [1.82, 2.24) is 4.57 Å². The molecule has 10 aromatic rings. The third-order valence-corrected chi connectivity index (χ3v) is 12.5. The highest BCUT2D eigenvalue weighted by molar-refractivity contribution is 7.25. The van der Waals surface area contributed by atoms with Crippen molar-refractivity contribution in [3.63, 3.8) is 0 Å².